The summed E-state index contributed by atoms with van der Waals surface area (Å²) in [6.07, 6.45) is 1.98. The third-order valence-corrected chi connectivity index (χ3v) is 6.84. The van der Waals surface area contributed by atoms with Gasteiger partial charge in [0.25, 0.3) is 0 Å². The fourth-order valence-electron chi connectivity index (χ4n) is 3.84. The minimum atomic E-state index is -0.897. The normalized spacial score (nSPS) is 11.2. The van der Waals surface area contributed by atoms with Crippen molar-refractivity contribution in [3.05, 3.63) is 60.5 Å². The number of carbonyl (C=O) groups excluding carboxylic acids is 1. The lowest BCUT2D eigenvalue weighted by atomic mass is 9.93. The number of urea groups is 1. The lowest BCUT2D eigenvalue weighted by molar-refractivity contribution is -0.135. The number of fused-ring (bicyclic) bond motifs is 3. The number of hydrogen-bond acceptors (Lipinski definition) is 8. The number of hydrogen-bond donors (Lipinski definition) is 4. The molecule has 5 aromatic rings. The molecule has 0 spiro atoms. The molecule has 216 valence electrons. The summed E-state index contributed by atoms with van der Waals surface area (Å²) in [4.78, 5) is 28.6. The van der Waals surface area contributed by atoms with Crippen LogP contribution in [0.3, 0.4) is 0 Å². The van der Waals surface area contributed by atoms with E-state index < -0.39 is 12.0 Å². The van der Waals surface area contributed by atoms with Gasteiger partial charge in [-0.15, -0.1) is 0 Å². The first kappa shape index (κ1) is 29.6. The van der Waals surface area contributed by atoms with E-state index in [0.29, 0.717) is 30.4 Å². The smallest absolute Gasteiger partial charge is 0.324 e. The highest BCUT2D eigenvalue weighted by atomic mass is 32.1. The van der Waals surface area contributed by atoms with Gasteiger partial charge in [0, 0.05) is 35.5 Å². The predicted molar refractivity (Wildman–Crippen MR) is 161 cm³/mol. The summed E-state index contributed by atoms with van der Waals surface area (Å²) in [6.45, 7) is 10.7. The highest BCUT2D eigenvalue weighted by molar-refractivity contribution is 7.23. The first-order chi connectivity index (χ1) is 19.7. The molecule has 0 aliphatic heterocycles. The van der Waals surface area contributed by atoms with Crippen LogP contribution in [0.1, 0.15) is 40.4 Å². The van der Waals surface area contributed by atoms with Crippen LogP contribution < -0.4 is 20.7 Å². The van der Waals surface area contributed by atoms with Crippen molar-refractivity contribution in [2.24, 2.45) is 0 Å². The molecule has 11 nitrogen and oxygen atoms in total. The van der Waals surface area contributed by atoms with Crippen molar-refractivity contribution in [2.75, 3.05) is 30.3 Å². The average molecular weight is 579 g/mol. The van der Waals surface area contributed by atoms with E-state index >= 15 is 0 Å². The fraction of sp³-hybridized carbons (Fsp3) is 0.310. The summed E-state index contributed by atoms with van der Waals surface area (Å²) < 4.78 is 14.1. The number of benzene rings is 2. The topological polar surface area (TPSA) is 143 Å². The quantitative estimate of drug-likeness (QED) is 0.151. The summed E-state index contributed by atoms with van der Waals surface area (Å²) in [6, 6.07) is 14.6. The largest absolute Gasteiger partial charge is 0.492 e. The molecule has 41 heavy (non-hydrogen) atoms. The van der Waals surface area contributed by atoms with Crippen LogP contribution in [-0.4, -0.2) is 51.3 Å². The Bertz CT molecular complexity index is 1630. The number of carbonyl (C=O) groups is 2. The van der Waals surface area contributed by atoms with Gasteiger partial charge in [0.1, 0.15) is 18.1 Å². The van der Waals surface area contributed by atoms with Crippen molar-refractivity contribution in [2.45, 2.75) is 40.0 Å². The maximum Gasteiger partial charge on any atom is 0.324 e. The number of nitrogens with zero attached hydrogens (tertiary/aromatic N) is 3. The Morgan fingerprint density at radius 3 is 2.51 bits per heavy atom. The number of rotatable bonds is 9. The van der Waals surface area contributed by atoms with Gasteiger partial charge in [0.05, 0.1) is 22.5 Å². The van der Waals surface area contributed by atoms with Gasteiger partial charge >= 0.3 is 12.0 Å². The van der Waals surface area contributed by atoms with Crippen LogP contribution in [-0.2, 0) is 10.2 Å². The molecule has 12 heteroatoms. The Kier molecular flexibility index (Phi) is 9.25. The molecule has 0 saturated carbocycles. The third kappa shape index (κ3) is 7.41. The van der Waals surface area contributed by atoms with Crippen LogP contribution in [0, 0.1) is 0 Å². The van der Waals surface area contributed by atoms with Gasteiger partial charge < -0.3 is 25.0 Å². The highest BCUT2D eigenvalue weighted by Gasteiger charge is 2.20. The molecule has 0 aliphatic rings. The second-order valence-electron chi connectivity index (χ2n) is 9.91. The monoisotopic (exact) mass is 578 g/mol. The van der Waals surface area contributed by atoms with Gasteiger partial charge in [-0.3, -0.25) is 14.5 Å². The Morgan fingerprint density at radius 2 is 1.83 bits per heavy atom. The number of amides is 2. The second-order valence-corrected chi connectivity index (χ2v) is 10.9. The molecule has 2 amide bonds. The molecular weight excluding hydrogens is 544 g/mol. The van der Waals surface area contributed by atoms with Crippen molar-refractivity contribution < 1.29 is 24.0 Å². The van der Waals surface area contributed by atoms with E-state index in [1.807, 2.05) is 87.7 Å². The molecule has 0 bridgehead atoms. The van der Waals surface area contributed by atoms with Crippen LogP contribution in [0.25, 0.3) is 26.4 Å². The zero-order chi connectivity index (χ0) is 29.6. The molecule has 4 N–H and O–H groups in total. The van der Waals surface area contributed by atoms with Gasteiger partial charge in [-0.1, -0.05) is 63.2 Å². The van der Waals surface area contributed by atoms with E-state index in [9.17, 15) is 9.59 Å². The van der Waals surface area contributed by atoms with E-state index in [0.717, 1.165) is 32.2 Å². The number of carboxylic acids is 1. The molecule has 3 heterocycles. The molecule has 5 rings (SSSR count). The Labute approximate surface area is 241 Å². The second kappa shape index (κ2) is 12.8. The molecule has 0 aliphatic carbocycles. The van der Waals surface area contributed by atoms with Crippen LogP contribution >= 0.6 is 11.3 Å². The van der Waals surface area contributed by atoms with Gasteiger partial charge in [0.15, 0.2) is 10.8 Å². The van der Waals surface area contributed by atoms with Crippen LogP contribution in [0.15, 0.2) is 59.3 Å². The number of anilines is 2. The lowest BCUT2D eigenvalue weighted by Crippen LogP contribution is -2.26. The number of carboxylic acid groups (broad SMARTS) is 1. The van der Waals surface area contributed by atoms with Crippen LogP contribution in [0.4, 0.5) is 16.3 Å². The molecule has 0 fully saturated rings. The van der Waals surface area contributed by atoms with Crippen molar-refractivity contribution in [1.29, 1.82) is 0 Å². The fourth-order valence-corrected chi connectivity index (χ4v) is 4.87. The first-order valence-corrected chi connectivity index (χ1v) is 14.1. The number of thiazole rings is 1. The Balaban J connectivity index is 0.00000189. The van der Waals surface area contributed by atoms with Gasteiger partial charge in [-0.25, -0.2) is 9.78 Å². The molecule has 3 aromatic heterocycles. The zero-order valence-electron chi connectivity index (χ0n) is 23.6. The number of nitrogens with one attached hydrogen (secondary N) is 3. The molecule has 0 unspecified atom stereocenters. The van der Waals surface area contributed by atoms with Crippen molar-refractivity contribution in [3.8, 4) is 17.0 Å². The van der Waals surface area contributed by atoms with Gasteiger partial charge in [0.2, 0.25) is 0 Å². The number of imidazole rings is 1. The summed E-state index contributed by atoms with van der Waals surface area (Å²) in [5.74, 6) is 0.860. The third-order valence-electron chi connectivity index (χ3n) is 5.82. The lowest BCUT2D eigenvalue weighted by Gasteiger charge is -2.12. The molecule has 2 aromatic carbocycles. The van der Waals surface area contributed by atoms with E-state index in [1.54, 1.807) is 17.4 Å². The SMILES string of the molecule is CC.CC(C)(C)c1cc(NC(=O)Nc2ccc(-c3cn4c(n3)sc3cc(OCCNCC(=O)O)ccc34)cc2)no1. The summed E-state index contributed by atoms with van der Waals surface area (Å²) in [5.41, 5.74) is 3.19. The minimum Gasteiger partial charge on any atom is -0.492 e. The van der Waals surface area contributed by atoms with Crippen LogP contribution in [0.2, 0.25) is 0 Å². The number of aromatic nitrogens is 3. The average Bonchev–Trinajstić information content (AvgIpc) is 3.65. The predicted octanol–water partition coefficient (Wildman–Crippen LogP) is 6.22. The zero-order valence-corrected chi connectivity index (χ0v) is 24.5. The first-order valence-electron chi connectivity index (χ1n) is 13.3. The Hall–Kier alpha value is -4.42. The van der Waals surface area contributed by atoms with Crippen molar-refractivity contribution >= 4 is 50.0 Å². The van der Waals surface area contributed by atoms with Crippen molar-refractivity contribution in [1.82, 2.24) is 19.9 Å². The summed E-state index contributed by atoms with van der Waals surface area (Å²) >= 11 is 1.55. The summed E-state index contributed by atoms with van der Waals surface area (Å²) in [7, 11) is 0. The van der Waals surface area contributed by atoms with E-state index in [4.69, 9.17) is 19.4 Å². The maximum absolute atomic E-state index is 12.4. The standard InChI is InChI=1S/C27H28N6O5S.C2H6/c1-27(2,3)22-13-23(32-38-22)31-25(36)29-17-6-4-16(5-7-17)19-15-33-20-9-8-18(12-21(20)39-26(33)30-19)37-11-10-28-14-24(34)35;1-2/h4-9,12-13,15,28H,10-11,14H2,1-3H3,(H,34,35)(H2,29,31,32,36);1-2H3. The van der Waals surface area contributed by atoms with Gasteiger partial charge in [-0.05, 0) is 30.3 Å². The maximum atomic E-state index is 12.4. The van der Waals surface area contributed by atoms with Crippen LogP contribution in [0.5, 0.6) is 5.75 Å². The minimum absolute atomic E-state index is 0.0935. The molecule has 0 saturated heterocycles. The molecular formula is C29H34N6O5S. The number of ether oxygens (including phenoxy) is 1. The Morgan fingerprint density at radius 1 is 1.07 bits per heavy atom. The number of aliphatic carboxylic acids is 1. The van der Waals surface area contributed by atoms with Crippen molar-refractivity contribution in [3.63, 3.8) is 0 Å². The molecule has 0 radical (unpaired) electrons. The highest BCUT2D eigenvalue weighted by Crippen LogP contribution is 2.32. The molecule has 0 atom stereocenters. The van der Waals surface area contributed by atoms with E-state index in [2.05, 4.69) is 21.1 Å². The van der Waals surface area contributed by atoms with E-state index in [1.165, 1.54) is 0 Å². The van der Waals surface area contributed by atoms with Gasteiger partial charge in [-0.2, -0.15) is 0 Å². The summed E-state index contributed by atoms with van der Waals surface area (Å²) in [5, 5.41) is 20.8. The van der Waals surface area contributed by atoms with E-state index in [-0.39, 0.29) is 12.0 Å².